The van der Waals surface area contributed by atoms with Crippen LogP contribution in [-0.4, -0.2) is 42.6 Å². The predicted octanol–water partition coefficient (Wildman–Crippen LogP) is 4.84. The van der Waals surface area contributed by atoms with Crippen molar-refractivity contribution in [2.75, 3.05) is 5.32 Å². The second-order valence-corrected chi connectivity index (χ2v) is 11.7. The lowest BCUT2D eigenvalue weighted by atomic mass is 9.80. The Kier molecular flexibility index (Phi) is 7.53. The summed E-state index contributed by atoms with van der Waals surface area (Å²) in [6.07, 6.45) is 13.0. The molecule has 4 N–H and O–H groups in total. The van der Waals surface area contributed by atoms with Gasteiger partial charge in [-0.1, -0.05) is 27.2 Å². The van der Waals surface area contributed by atoms with Gasteiger partial charge in [-0.2, -0.15) is 4.99 Å². The number of anilines is 1. The largest absolute Gasteiger partial charge is 0.463 e. The minimum absolute atomic E-state index is 0.0210. The molecule has 2 aliphatic carbocycles. The molecule has 1 amide bonds. The minimum Gasteiger partial charge on any atom is -0.463 e. The summed E-state index contributed by atoms with van der Waals surface area (Å²) >= 11 is 0. The van der Waals surface area contributed by atoms with Crippen molar-refractivity contribution in [1.29, 1.82) is 0 Å². The highest BCUT2D eigenvalue weighted by Crippen LogP contribution is 2.35. The summed E-state index contributed by atoms with van der Waals surface area (Å²) in [5.41, 5.74) is 7.36. The topological polar surface area (TPSA) is 131 Å². The highest BCUT2D eigenvalue weighted by Gasteiger charge is 2.29. The first kappa shape index (κ1) is 25.9. The quantitative estimate of drug-likeness (QED) is 0.286. The van der Waals surface area contributed by atoms with Crippen molar-refractivity contribution >= 4 is 28.9 Å². The maximum absolute atomic E-state index is 11.2. The lowest BCUT2D eigenvalue weighted by molar-refractivity contribution is 0.205. The van der Waals surface area contributed by atoms with E-state index in [1.807, 2.05) is 0 Å². The molecule has 0 spiro atoms. The number of amidine groups is 1. The van der Waals surface area contributed by atoms with Crippen molar-refractivity contribution in [3.63, 3.8) is 0 Å². The fourth-order valence-electron chi connectivity index (χ4n) is 5.30. The van der Waals surface area contributed by atoms with Crippen molar-refractivity contribution in [2.45, 2.75) is 91.6 Å². The van der Waals surface area contributed by atoms with Crippen LogP contribution in [0.15, 0.2) is 4.99 Å². The third-order valence-electron chi connectivity index (χ3n) is 7.56. The van der Waals surface area contributed by atoms with Crippen molar-refractivity contribution in [1.82, 2.24) is 19.5 Å². The molecule has 36 heavy (non-hydrogen) atoms. The first-order valence-corrected chi connectivity index (χ1v) is 13.1. The smallest absolute Gasteiger partial charge is 0.433 e. The monoisotopic (exact) mass is 493 g/mol. The van der Waals surface area contributed by atoms with Crippen LogP contribution in [0.25, 0.3) is 11.2 Å². The van der Waals surface area contributed by atoms with E-state index in [9.17, 15) is 4.79 Å². The van der Waals surface area contributed by atoms with Gasteiger partial charge >= 0.3 is 6.09 Å². The van der Waals surface area contributed by atoms with Crippen LogP contribution in [0.4, 0.5) is 10.6 Å². The standard InChI is InChI=1S/C27H39N7O2/c1-6-17-10-12-18(13-11-17)15-34-20(14-27(3,4)5)30-24-21(34)23(29-16(2)19-8-7-9-19)32-25(33-24)22(28)31-26(35)36/h1,16-19H,7-15H2,2-5H3,(H2,28,31)(H,35,36)(H,29,32,33). The van der Waals surface area contributed by atoms with Gasteiger partial charge in [-0.3, -0.25) is 0 Å². The molecule has 0 aliphatic heterocycles. The van der Waals surface area contributed by atoms with Crippen LogP contribution in [0, 0.1) is 35.5 Å². The number of hydrogen-bond acceptors (Lipinski definition) is 5. The second kappa shape index (κ2) is 10.5. The zero-order valence-corrected chi connectivity index (χ0v) is 21.9. The van der Waals surface area contributed by atoms with Crippen molar-refractivity contribution in [3.05, 3.63) is 11.6 Å². The third-order valence-corrected chi connectivity index (χ3v) is 7.56. The van der Waals surface area contributed by atoms with Gasteiger partial charge in [-0.15, -0.1) is 12.3 Å². The van der Waals surface area contributed by atoms with E-state index in [2.05, 4.69) is 53.5 Å². The van der Waals surface area contributed by atoms with Gasteiger partial charge in [0.2, 0.25) is 0 Å². The number of carboxylic acid groups (broad SMARTS) is 1. The first-order valence-electron chi connectivity index (χ1n) is 13.1. The van der Waals surface area contributed by atoms with Crippen LogP contribution in [-0.2, 0) is 13.0 Å². The highest BCUT2D eigenvalue weighted by atomic mass is 16.4. The maximum Gasteiger partial charge on any atom is 0.433 e. The Hall–Kier alpha value is -3.15. The molecule has 2 saturated carbocycles. The summed E-state index contributed by atoms with van der Waals surface area (Å²) in [5.74, 6) is 5.82. The Labute approximate surface area is 213 Å². The Morgan fingerprint density at radius 3 is 2.47 bits per heavy atom. The molecule has 194 valence electrons. The van der Waals surface area contributed by atoms with E-state index in [0.717, 1.165) is 50.0 Å². The molecule has 0 aromatic carbocycles. The summed E-state index contributed by atoms with van der Waals surface area (Å²) in [6, 6.07) is 0.211. The van der Waals surface area contributed by atoms with E-state index in [4.69, 9.17) is 27.2 Å². The van der Waals surface area contributed by atoms with Crippen LogP contribution in [0.3, 0.4) is 0 Å². The summed E-state index contributed by atoms with van der Waals surface area (Å²) in [4.78, 5) is 28.8. The molecule has 2 aromatic heterocycles. The summed E-state index contributed by atoms with van der Waals surface area (Å²) in [7, 11) is 0. The lowest BCUT2D eigenvalue weighted by Crippen LogP contribution is -2.32. The third kappa shape index (κ3) is 5.97. The molecule has 2 fully saturated rings. The molecule has 1 atom stereocenters. The number of terminal acetylenes is 1. The van der Waals surface area contributed by atoms with Gasteiger partial charge < -0.3 is 20.7 Å². The molecule has 9 nitrogen and oxygen atoms in total. The highest BCUT2D eigenvalue weighted by molar-refractivity contribution is 6.01. The Balaban J connectivity index is 1.81. The zero-order chi connectivity index (χ0) is 26.0. The predicted molar refractivity (Wildman–Crippen MR) is 142 cm³/mol. The molecular formula is C27H39N7O2. The number of amides is 1. The van der Waals surface area contributed by atoms with Crippen molar-refractivity contribution in [2.24, 2.45) is 33.9 Å². The number of nitrogens with two attached hydrogens (primary N) is 1. The van der Waals surface area contributed by atoms with Gasteiger partial charge in [0.15, 0.2) is 23.1 Å². The number of nitrogens with zero attached hydrogens (tertiary/aromatic N) is 5. The Morgan fingerprint density at radius 1 is 1.22 bits per heavy atom. The number of fused-ring (bicyclic) bond motifs is 1. The number of aromatic nitrogens is 4. The Bertz CT molecular complexity index is 1180. The second-order valence-electron chi connectivity index (χ2n) is 11.7. The molecule has 0 saturated heterocycles. The van der Waals surface area contributed by atoms with Crippen LogP contribution in [0.1, 0.15) is 84.3 Å². The number of imidazole rings is 1. The fourth-order valence-corrected chi connectivity index (χ4v) is 5.30. The van der Waals surface area contributed by atoms with E-state index in [1.54, 1.807) is 0 Å². The first-order chi connectivity index (χ1) is 17.0. The molecular weight excluding hydrogens is 454 g/mol. The van der Waals surface area contributed by atoms with E-state index >= 15 is 0 Å². The average Bonchev–Trinajstić information content (AvgIpc) is 3.07. The molecule has 9 heteroatoms. The van der Waals surface area contributed by atoms with E-state index in [1.165, 1.54) is 19.3 Å². The molecule has 0 radical (unpaired) electrons. The normalized spacial score (nSPS) is 22.1. The molecule has 0 bridgehead atoms. The molecule has 2 heterocycles. The lowest BCUT2D eigenvalue weighted by Gasteiger charge is -2.32. The van der Waals surface area contributed by atoms with Gasteiger partial charge in [0, 0.05) is 24.9 Å². The van der Waals surface area contributed by atoms with Gasteiger partial charge in [0.25, 0.3) is 0 Å². The molecule has 2 aromatic rings. The number of rotatable bonds is 7. The zero-order valence-electron chi connectivity index (χ0n) is 21.9. The van der Waals surface area contributed by atoms with E-state index in [0.29, 0.717) is 29.2 Å². The number of carbonyl (C=O) groups is 1. The van der Waals surface area contributed by atoms with Gasteiger partial charge in [0.1, 0.15) is 11.3 Å². The van der Waals surface area contributed by atoms with Crippen LogP contribution in [0.2, 0.25) is 0 Å². The van der Waals surface area contributed by atoms with Crippen LogP contribution >= 0.6 is 0 Å². The number of nitrogens with one attached hydrogen (secondary N) is 1. The van der Waals surface area contributed by atoms with Gasteiger partial charge in [-0.25, -0.2) is 19.7 Å². The van der Waals surface area contributed by atoms with E-state index < -0.39 is 6.09 Å². The van der Waals surface area contributed by atoms with Gasteiger partial charge in [-0.05, 0) is 62.7 Å². The summed E-state index contributed by atoms with van der Waals surface area (Å²) in [5, 5.41) is 12.7. The van der Waals surface area contributed by atoms with Gasteiger partial charge in [0.05, 0.1) is 0 Å². The summed E-state index contributed by atoms with van der Waals surface area (Å²) < 4.78 is 2.28. The maximum atomic E-state index is 11.2. The molecule has 2 aliphatic rings. The van der Waals surface area contributed by atoms with Crippen LogP contribution in [0.5, 0.6) is 0 Å². The molecule has 4 rings (SSSR count). The minimum atomic E-state index is -1.38. The van der Waals surface area contributed by atoms with Crippen molar-refractivity contribution < 1.29 is 9.90 Å². The summed E-state index contributed by atoms with van der Waals surface area (Å²) in [6.45, 7) is 9.58. The van der Waals surface area contributed by atoms with E-state index in [-0.39, 0.29) is 23.1 Å². The fraction of sp³-hybridized carbons (Fsp3) is 0.667. The average molecular weight is 494 g/mol. The Morgan fingerprint density at radius 2 is 1.92 bits per heavy atom. The SMILES string of the molecule is C#CC1CCC(Cn2c(CC(C)(C)C)nc3nc(C(N)=NC(=O)O)nc(NC(C)C4CCC4)c32)CC1. The van der Waals surface area contributed by atoms with Crippen LogP contribution < -0.4 is 11.1 Å². The van der Waals surface area contributed by atoms with Crippen molar-refractivity contribution in [3.8, 4) is 12.3 Å². The number of aliphatic imine (C=N–C) groups is 1. The number of hydrogen-bond donors (Lipinski definition) is 3. The molecule has 1 unspecified atom stereocenters.